The topological polar surface area (TPSA) is 18.5 Å². The van der Waals surface area contributed by atoms with Crippen LogP contribution >= 0.6 is 0 Å². The normalized spacial score (nSPS) is 23.8. The largest absolute Gasteiger partial charge is 0.236 e. The molecule has 2 aliphatic rings. The lowest BCUT2D eigenvalue weighted by molar-refractivity contribution is -0.327. The number of fused-ring (bicyclic) bond motifs is 1. The average molecular weight is 557 g/mol. The first-order valence-corrected chi connectivity index (χ1v) is 17.7. The smallest absolute Gasteiger partial charge is 0.0968 e. The fourth-order valence-corrected chi connectivity index (χ4v) is 7.10. The second-order valence-electron chi connectivity index (χ2n) is 14.7. The maximum absolute atomic E-state index is 5.90. The van der Waals surface area contributed by atoms with E-state index in [1.807, 2.05) is 0 Å². The summed E-state index contributed by atoms with van der Waals surface area (Å²) in [6.45, 7) is 17.5. The van der Waals surface area contributed by atoms with E-state index in [2.05, 4.69) is 66.4 Å². The van der Waals surface area contributed by atoms with E-state index in [1.54, 1.807) is 0 Å². The SMILES string of the molecule is CCCCCCCCCOO[C@H]1CC[C@]2(C)C#CC(CCC[C@H](CCCCC(C)C)C(C)(C)CCC)CC=C2C1. The van der Waals surface area contributed by atoms with Gasteiger partial charge in [-0.2, -0.15) is 0 Å². The summed E-state index contributed by atoms with van der Waals surface area (Å²) in [5.41, 5.74) is 2.00. The zero-order chi connectivity index (χ0) is 29.3. The van der Waals surface area contributed by atoms with Gasteiger partial charge in [0, 0.05) is 11.3 Å². The highest BCUT2D eigenvalue weighted by Crippen LogP contribution is 2.44. The Morgan fingerprint density at radius 1 is 0.925 bits per heavy atom. The van der Waals surface area contributed by atoms with Crippen LogP contribution in [0.5, 0.6) is 0 Å². The van der Waals surface area contributed by atoms with Gasteiger partial charge in [-0.15, -0.1) is 0 Å². The molecule has 0 bridgehead atoms. The summed E-state index contributed by atoms with van der Waals surface area (Å²) < 4.78 is 0. The first kappa shape index (κ1) is 35.4. The van der Waals surface area contributed by atoms with Crippen LogP contribution < -0.4 is 0 Å². The summed E-state index contributed by atoms with van der Waals surface area (Å²) in [6.07, 6.45) is 28.2. The van der Waals surface area contributed by atoms with Crippen LogP contribution in [0.2, 0.25) is 0 Å². The number of hydrogen-bond donors (Lipinski definition) is 0. The van der Waals surface area contributed by atoms with Crippen molar-refractivity contribution in [3.8, 4) is 11.8 Å². The predicted molar refractivity (Wildman–Crippen MR) is 174 cm³/mol. The molecule has 0 heterocycles. The molecular formula is C38H68O2. The van der Waals surface area contributed by atoms with E-state index in [1.165, 1.54) is 102 Å². The molecule has 2 aliphatic carbocycles. The lowest BCUT2D eigenvalue weighted by Crippen LogP contribution is -2.30. The molecule has 1 saturated carbocycles. The Morgan fingerprint density at radius 3 is 2.35 bits per heavy atom. The van der Waals surface area contributed by atoms with Crippen LogP contribution in [0.15, 0.2) is 11.6 Å². The molecule has 0 aromatic rings. The molecular weight excluding hydrogens is 488 g/mol. The van der Waals surface area contributed by atoms with Crippen LogP contribution in [0.3, 0.4) is 0 Å². The molecule has 1 fully saturated rings. The molecule has 40 heavy (non-hydrogen) atoms. The van der Waals surface area contributed by atoms with Crippen molar-refractivity contribution in [1.29, 1.82) is 0 Å². The maximum atomic E-state index is 5.90. The van der Waals surface area contributed by atoms with Gasteiger partial charge in [-0.05, 0) is 82.0 Å². The van der Waals surface area contributed by atoms with Crippen molar-refractivity contribution in [3.05, 3.63) is 11.6 Å². The Kier molecular flexibility index (Phi) is 17.2. The van der Waals surface area contributed by atoms with E-state index in [-0.39, 0.29) is 11.5 Å². The maximum Gasteiger partial charge on any atom is 0.0968 e. The molecule has 2 nitrogen and oxygen atoms in total. The third-order valence-corrected chi connectivity index (χ3v) is 10.0. The van der Waals surface area contributed by atoms with E-state index >= 15 is 0 Å². The minimum absolute atomic E-state index is 0.0369. The van der Waals surface area contributed by atoms with Gasteiger partial charge in [-0.25, -0.2) is 9.78 Å². The van der Waals surface area contributed by atoms with Gasteiger partial charge in [0.15, 0.2) is 0 Å². The third-order valence-electron chi connectivity index (χ3n) is 10.0. The molecule has 0 N–H and O–H groups in total. The van der Waals surface area contributed by atoms with Crippen LogP contribution in [-0.2, 0) is 9.78 Å². The summed E-state index contributed by atoms with van der Waals surface area (Å²) in [4.78, 5) is 11.6. The first-order valence-electron chi connectivity index (χ1n) is 17.7. The molecule has 0 radical (unpaired) electrons. The molecule has 0 amide bonds. The molecule has 0 aliphatic heterocycles. The lowest BCUT2D eigenvalue weighted by Gasteiger charge is -2.35. The van der Waals surface area contributed by atoms with Crippen molar-refractivity contribution in [3.63, 3.8) is 0 Å². The Balaban J connectivity index is 1.77. The predicted octanol–water partition coefficient (Wildman–Crippen LogP) is 12.0. The van der Waals surface area contributed by atoms with Gasteiger partial charge in [0.25, 0.3) is 0 Å². The summed E-state index contributed by atoms with van der Waals surface area (Å²) in [5.74, 6) is 9.70. The monoisotopic (exact) mass is 557 g/mol. The second kappa shape index (κ2) is 19.4. The minimum atomic E-state index is 0.0369. The van der Waals surface area contributed by atoms with E-state index in [0.717, 1.165) is 50.5 Å². The van der Waals surface area contributed by atoms with Gasteiger partial charge in [0.2, 0.25) is 0 Å². The molecule has 232 valence electrons. The number of allylic oxidation sites excluding steroid dienone is 1. The van der Waals surface area contributed by atoms with Crippen molar-refractivity contribution in [1.82, 2.24) is 0 Å². The molecule has 4 atom stereocenters. The Hall–Kier alpha value is -0.780. The third kappa shape index (κ3) is 13.5. The van der Waals surface area contributed by atoms with E-state index in [9.17, 15) is 0 Å². The van der Waals surface area contributed by atoms with Gasteiger partial charge in [0.1, 0.15) is 0 Å². The number of hydrogen-bond acceptors (Lipinski definition) is 2. The van der Waals surface area contributed by atoms with Crippen LogP contribution in [0.4, 0.5) is 0 Å². The number of unbranched alkanes of at least 4 members (excludes halogenated alkanes) is 7. The summed E-state index contributed by atoms with van der Waals surface area (Å²) in [5, 5.41) is 0. The van der Waals surface area contributed by atoms with E-state index in [0.29, 0.717) is 11.3 Å². The van der Waals surface area contributed by atoms with Gasteiger partial charge < -0.3 is 0 Å². The van der Waals surface area contributed by atoms with Crippen molar-refractivity contribution < 1.29 is 9.78 Å². The van der Waals surface area contributed by atoms with Gasteiger partial charge in [0.05, 0.1) is 12.7 Å². The molecule has 0 saturated heterocycles. The first-order chi connectivity index (χ1) is 19.2. The van der Waals surface area contributed by atoms with Crippen LogP contribution in [0, 0.1) is 40.4 Å². The highest BCUT2D eigenvalue weighted by molar-refractivity contribution is 5.32. The lowest BCUT2D eigenvalue weighted by atomic mass is 9.70. The van der Waals surface area contributed by atoms with Crippen molar-refractivity contribution in [2.24, 2.45) is 28.6 Å². The Labute approximate surface area is 251 Å². The average Bonchev–Trinajstić information content (AvgIpc) is 3.07. The molecule has 2 rings (SSSR count). The molecule has 0 spiro atoms. The van der Waals surface area contributed by atoms with Crippen molar-refractivity contribution in [2.45, 2.75) is 183 Å². The molecule has 2 heteroatoms. The fraction of sp³-hybridized carbons (Fsp3) is 0.895. The Bertz CT molecular complexity index is 753. The van der Waals surface area contributed by atoms with Gasteiger partial charge >= 0.3 is 0 Å². The van der Waals surface area contributed by atoms with Crippen molar-refractivity contribution in [2.75, 3.05) is 6.61 Å². The van der Waals surface area contributed by atoms with E-state index < -0.39 is 0 Å². The quantitative estimate of drug-likeness (QED) is 0.0434. The fourth-order valence-electron chi connectivity index (χ4n) is 7.10. The molecule has 0 aromatic heterocycles. The summed E-state index contributed by atoms with van der Waals surface area (Å²) >= 11 is 0. The number of rotatable bonds is 22. The highest BCUT2D eigenvalue weighted by atomic mass is 17.2. The van der Waals surface area contributed by atoms with Crippen LogP contribution in [0.1, 0.15) is 177 Å². The molecule has 0 aromatic carbocycles. The minimum Gasteiger partial charge on any atom is -0.236 e. The zero-order valence-electron chi connectivity index (χ0n) is 28.1. The Morgan fingerprint density at radius 2 is 1.62 bits per heavy atom. The zero-order valence-corrected chi connectivity index (χ0v) is 28.1. The van der Waals surface area contributed by atoms with Gasteiger partial charge in [-0.1, -0.05) is 136 Å². The molecule has 1 unspecified atom stereocenters. The summed E-state index contributed by atoms with van der Waals surface area (Å²) in [6, 6.07) is 0. The highest BCUT2D eigenvalue weighted by Gasteiger charge is 2.36. The van der Waals surface area contributed by atoms with Crippen molar-refractivity contribution >= 4 is 0 Å². The summed E-state index contributed by atoms with van der Waals surface area (Å²) in [7, 11) is 0. The second-order valence-corrected chi connectivity index (χ2v) is 14.7. The standard InChI is InChI=1S/C38H68O2/c1-8-10-11-12-13-14-17-30-39-40-36-26-29-38(7)28-25-33(23-24-35(38)31-36)20-18-22-34(37(5,6)27-9-2)21-16-15-19-32(3)4/h24,32-34,36H,8-23,26-27,29-31H2,1-7H3/t33?,34-,36-,38-/m0/s1. The van der Waals surface area contributed by atoms with Gasteiger partial charge in [-0.3, -0.25) is 0 Å². The van der Waals surface area contributed by atoms with Crippen LogP contribution in [-0.4, -0.2) is 12.7 Å². The van der Waals surface area contributed by atoms with Crippen LogP contribution in [0.25, 0.3) is 0 Å². The van der Waals surface area contributed by atoms with E-state index in [4.69, 9.17) is 9.78 Å².